The largest absolute Gasteiger partial charge is 0.391 e. The first-order valence-electron chi connectivity index (χ1n) is 6.26. The molecular weight excluding hydrogens is 170 g/mol. The fourth-order valence-electron chi connectivity index (χ4n) is 1.56. The minimum absolute atomic E-state index is 1.14. The molecule has 1 nitrogen and oxygen atoms in total. The minimum atomic E-state index is 1.14. The van der Waals surface area contributed by atoms with Gasteiger partial charge in [0.05, 0.1) is 0 Å². The summed E-state index contributed by atoms with van der Waals surface area (Å²) < 4.78 is 0. The third kappa shape index (κ3) is 11.5. The molecule has 0 radical (unpaired) electrons. The van der Waals surface area contributed by atoms with Crippen molar-refractivity contribution < 1.29 is 0 Å². The standard InChI is InChI=1S/C13H27N/c1-3-5-6-7-8-9-10-11-13-14-12-4-2/h4,12,14H,3,5-11,13H2,1-2H3/b12-4-. The Bertz CT molecular complexity index is 118. The van der Waals surface area contributed by atoms with Crippen LogP contribution in [0.4, 0.5) is 0 Å². The van der Waals surface area contributed by atoms with E-state index < -0.39 is 0 Å². The first kappa shape index (κ1) is 13.5. The van der Waals surface area contributed by atoms with Crippen molar-refractivity contribution in [1.82, 2.24) is 5.32 Å². The van der Waals surface area contributed by atoms with Gasteiger partial charge in [0.25, 0.3) is 0 Å². The molecule has 0 unspecified atom stereocenters. The number of rotatable bonds is 10. The SMILES string of the molecule is C/C=C\NCCCCCCCCCC. The van der Waals surface area contributed by atoms with Gasteiger partial charge in [-0.1, -0.05) is 57.9 Å². The second-order valence-corrected chi connectivity index (χ2v) is 3.93. The van der Waals surface area contributed by atoms with E-state index >= 15 is 0 Å². The van der Waals surface area contributed by atoms with Gasteiger partial charge in [0.2, 0.25) is 0 Å². The van der Waals surface area contributed by atoms with Crippen molar-refractivity contribution in [2.75, 3.05) is 6.54 Å². The monoisotopic (exact) mass is 197 g/mol. The van der Waals surface area contributed by atoms with Gasteiger partial charge in [-0.2, -0.15) is 0 Å². The molecule has 0 aromatic rings. The molecule has 0 atom stereocenters. The summed E-state index contributed by atoms with van der Waals surface area (Å²) in [5, 5.41) is 3.27. The molecule has 0 fully saturated rings. The summed E-state index contributed by atoms with van der Waals surface area (Å²) in [6, 6.07) is 0. The lowest BCUT2D eigenvalue weighted by Crippen LogP contribution is -2.05. The van der Waals surface area contributed by atoms with E-state index in [0.29, 0.717) is 0 Å². The van der Waals surface area contributed by atoms with Gasteiger partial charge in [0, 0.05) is 6.54 Å². The molecule has 0 heterocycles. The number of allylic oxidation sites excluding steroid dienone is 1. The van der Waals surface area contributed by atoms with Crippen LogP contribution in [-0.2, 0) is 0 Å². The highest BCUT2D eigenvalue weighted by Gasteiger charge is 1.90. The second kappa shape index (κ2) is 12.5. The zero-order valence-corrected chi connectivity index (χ0v) is 10.0. The van der Waals surface area contributed by atoms with Gasteiger partial charge in [-0.05, 0) is 19.5 Å². The molecule has 0 aliphatic carbocycles. The first-order valence-corrected chi connectivity index (χ1v) is 6.26. The number of hydrogen-bond acceptors (Lipinski definition) is 1. The Morgan fingerprint density at radius 2 is 1.43 bits per heavy atom. The Kier molecular flexibility index (Phi) is 12.1. The molecule has 1 N–H and O–H groups in total. The van der Waals surface area contributed by atoms with Gasteiger partial charge in [-0.15, -0.1) is 0 Å². The molecule has 0 aliphatic heterocycles. The third-order valence-electron chi connectivity index (χ3n) is 2.46. The van der Waals surface area contributed by atoms with Gasteiger partial charge in [-0.3, -0.25) is 0 Å². The molecule has 84 valence electrons. The molecule has 1 heteroatoms. The van der Waals surface area contributed by atoms with Gasteiger partial charge in [0.15, 0.2) is 0 Å². The summed E-state index contributed by atoms with van der Waals surface area (Å²) in [7, 11) is 0. The van der Waals surface area contributed by atoms with Crippen LogP contribution in [0, 0.1) is 0 Å². The fourth-order valence-corrected chi connectivity index (χ4v) is 1.56. The van der Waals surface area contributed by atoms with Crippen LogP contribution in [0.25, 0.3) is 0 Å². The highest BCUT2D eigenvalue weighted by atomic mass is 14.8. The predicted molar refractivity (Wildman–Crippen MR) is 65.4 cm³/mol. The molecular formula is C13H27N. The van der Waals surface area contributed by atoms with Crippen molar-refractivity contribution in [2.45, 2.75) is 65.2 Å². The smallest absolute Gasteiger partial charge is 0.0141 e. The molecule has 0 saturated carbocycles. The normalized spacial score (nSPS) is 11.0. The Labute approximate surface area is 90.0 Å². The Morgan fingerprint density at radius 1 is 0.857 bits per heavy atom. The van der Waals surface area contributed by atoms with Crippen LogP contribution in [0.3, 0.4) is 0 Å². The zero-order valence-electron chi connectivity index (χ0n) is 10.0. The van der Waals surface area contributed by atoms with E-state index in [-0.39, 0.29) is 0 Å². The van der Waals surface area contributed by atoms with Crippen LogP contribution < -0.4 is 5.32 Å². The summed E-state index contributed by atoms with van der Waals surface area (Å²) in [5.74, 6) is 0. The molecule has 14 heavy (non-hydrogen) atoms. The van der Waals surface area contributed by atoms with Crippen molar-refractivity contribution in [1.29, 1.82) is 0 Å². The van der Waals surface area contributed by atoms with Crippen molar-refractivity contribution in [2.24, 2.45) is 0 Å². The van der Waals surface area contributed by atoms with E-state index in [1.807, 2.05) is 19.2 Å². The Morgan fingerprint density at radius 3 is 2.00 bits per heavy atom. The maximum Gasteiger partial charge on any atom is 0.0141 e. The van der Waals surface area contributed by atoms with Crippen molar-refractivity contribution >= 4 is 0 Å². The van der Waals surface area contributed by atoms with Crippen molar-refractivity contribution in [3.63, 3.8) is 0 Å². The minimum Gasteiger partial charge on any atom is -0.391 e. The number of hydrogen-bond donors (Lipinski definition) is 1. The van der Waals surface area contributed by atoms with E-state index in [0.717, 1.165) is 6.54 Å². The first-order chi connectivity index (χ1) is 6.91. The number of nitrogens with one attached hydrogen (secondary N) is 1. The van der Waals surface area contributed by atoms with E-state index in [2.05, 4.69) is 12.2 Å². The van der Waals surface area contributed by atoms with Crippen LogP contribution in [0.1, 0.15) is 65.2 Å². The van der Waals surface area contributed by atoms with E-state index in [1.165, 1.54) is 51.4 Å². The fraction of sp³-hybridized carbons (Fsp3) is 0.846. The van der Waals surface area contributed by atoms with Crippen LogP contribution in [-0.4, -0.2) is 6.54 Å². The molecule has 0 spiro atoms. The number of unbranched alkanes of at least 4 members (excludes halogenated alkanes) is 7. The third-order valence-corrected chi connectivity index (χ3v) is 2.46. The van der Waals surface area contributed by atoms with Crippen LogP contribution >= 0.6 is 0 Å². The highest BCUT2D eigenvalue weighted by Crippen LogP contribution is 2.07. The second-order valence-electron chi connectivity index (χ2n) is 3.93. The maximum absolute atomic E-state index is 3.27. The molecule has 0 aromatic carbocycles. The molecule has 0 aliphatic rings. The molecule has 0 amide bonds. The Balaban J connectivity index is 2.85. The van der Waals surface area contributed by atoms with Crippen LogP contribution in [0.5, 0.6) is 0 Å². The summed E-state index contributed by atoms with van der Waals surface area (Å²) in [4.78, 5) is 0. The van der Waals surface area contributed by atoms with E-state index in [1.54, 1.807) is 0 Å². The lowest BCUT2D eigenvalue weighted by molar-refractivity contribution is 0.570. The van der Waals surface area contributed by atoms with E-state index in [9.17, 15) is 0 Å². The maximum atomic E-state index is 3.27. The molecule has 0 bridgehead atoms. The summed E-state index contributed by atoms with van der Waals surface area (Å²) in [5.41, 5.74) is 0. The summed E-state index contributed by atoms with van der Waals surface area (Å²) in [6.45, 7) is 5.45. The van der Waals surface area contributed by atoms with Crippen LogP contribution in [0.2, 0.25) is 0 Å². The van der Waals surface area contributed by atoms with Gasteiger partial charge >= 0.3 is 0 Å². The van der Waals surface area contributed by atoms with E-state index in [4.69, 9.17) is 0 Å². The quantitative estimate of drug-likeness (QED) is 0.516. The average Bonchev–Trinajstić information content (AvgIpc) is 2.21. The Hall–Kier alpha value is -0.460. The lowest BCUT2D eigenvalue weighted by atomic mass is 10.1. The van der Waals surface area contributed by atoms with Crippen molar-refractivity contribution in [3.05, 3.63) is 12.3 Å². The van der Waals surface area contributed by atoms with Gasteiger partial charge in [-0.25, -0.2) is 0 Å². The topological polar surface area (TPSA) is 12.0 Å². The summed E-state index contributed by atoms with van der Waals surface area (Å²) in [6.07, 6.45) is 15.3. The highest BCUT2D eigenvalue weighted by molar-refractivity contribution is 4.73. The predicted octanol–water partition coefficient (Wildman–Crippen LogP) is 4.25. The van der Waals surface area contributed by atoms with Crippen LogP contribution in [0.15, 0.2) is 12.3 Å². The lowest BCUT2D eigenvalue weighted by Gasteiger charge is -2.01. The van der Waals surface area contributed by atoms with Gasteiger partial charge < -0.3 is 5.32 Å². The molecule has 0 saturated heterocycles. The zero-order chi connectivity index (χ0) is 10.5. The molecule has 0 rings (SSSR count). The summed E-state index contributed by atoms with van der Waals surface area (Å²) >= 11 is 0. The van der Waals surface area contributed by atoms with Crippen molar-refractivity contribution in [3.8, 4) is 0 Å². The van der Waals surface area contributed by atoms with Gasteiger partial charge in [0.1, 0.15) is 0 Å². The molecule has 0 aromatic heterocycles. The average molecular weight is 197 g/mol.